The Morgan fingerprint density at radius 1 is 0.957 bits per heavy atom. The van der Waals surface area contributed by atoms with Crippen molar-refractivity contribution in [3.05, 3.63) is 30.1 Å². The van der Waals surface area contributed by atoms with Gasteiger partial charge in [-0.25, -0.2) is 12.8 Å². The van der Waals surface area contributed by atoms with Crippen molar-refractivity contribution in [2.75, 3.05) is 18.1 Å². The number of unbranched alkanes of at least 4 members (excludes halogenated alkanes) is 3. The van der Waals surface area contributed by atoms with Gasteiger partial charge in [0.2, 0.25) is 0 Å². The average molecular weight is 362 g/mol. The first-order valence-corrected chi connectivity index (χ1v) is 10.3. The number of hydrogen-bond acceptors (Lipinski definition) is 5. The van der Waals surface area contributed by atoms with Gasteiger partial charge in [-0.15, -0.1) is 6.42 Å². The molecule has 128 valence electrons. The molecule has 0 atom stereocenters. The van der Waals surface area contributed by atoms with Crippen LogP contribution in [0.15, 0.2) is 29.2 Å². The summed E-state index contributed by atoms with van der Waals surface area (Å²) in [6.45, 7) is -0.280. The molecule has 1 rings (SSSR count). The van der Waals surface area contributed by atoms with Gasteiger partial charge in [0.25, 0.3) is 10.1 Å². The summed E-state index contributed by atoms with van der Waals surface area (Å²) in [4.78, 5) is 0.0872. The van der Waals surface area contributed by atoms with Gasteiger partial charge in [0.1, 0.15) is 12.4 Å². The van der Waals surface area contributed by atoms with Crippen LogP contribution in [0.3, 0.4) is 0 Å². The molecule has 0 amide bonds. The smallest absolute Gasteiger partial charge is 0.257 e. The van der Waals surface area contributed by atoms with Gasteiger partial charge >= 0.3 is 0 Å². The van der Waals surface area contributed by atoms with E-state index in [1.54, 1.807) is 0 Å². The van der Waals surface area contributed by atoms with E-state index < -0.39 is 25.8 Å². The van der Waals surface area contributed by atoms with Crippen molar-refractivity contribution in [3.8, 4) is 12.3 Å². The zero-order valence-corrected chi connectivity index (χ0v) is 14.2. The van der Waals surface area contributed by atoms with Crippen LogP contribution in [0.4, 0.5) is 4.39 Å². The van der Waals surface area contributed by atoms with E-state index >= 15 is 0 Å². The summed E-state index contributed by atoms with van der Waals surface area (Å²) in [6, 6.07) is 4.68. The third-order valence-electron chi connectivity index (χ3n) is 3.05. The van der Waals surface area contributed by atoms with Crippen LogP contribution in [0.2, 0.25) is 0 Å². The minimum atomic E-state index is -3.60. The largest absolute Gasteiger partial charge is 0.268 e. The van der Waals surface area contributed by atoms with Crippen molar-refractivity contribution < 1.29 is 25.4 Å². The van der Waals surface area contributed by atoms with E-state index in [0.29, 0.717) is 25.7 Å². The molecular weight excluding hydrogens is 343 g/mol. The maximum atomic E-state index is 12.8. The molecule has 0 bridgehead atoms. The molecule has 0 saturated heterocycles. The van der Waals surface area contributed by atoms with Gasteiger partial charge in [0.15, 0.2) is 9.84 Å². The molecule has 0 N–H and O–H groups in total. The van der Waals surface area contributed by atoms with E-state index in [9.17, 15) is 21.2 Å². The van der Waals surface area contributed by atoms with Crippen molar-refractivity contribution in [3.63, 3.8) is 0 Å². The average Bonchev–Trinajstić information content (AvgIpc) is 2.49. The molecule has 0 radical (unpaired) electrons. The van der Waals surface area contributed by atoms with E-state index in [-0.39, 0.29) is 23.0 Å². The van der Waals surface area contributed by atoms with Crippen LogP contribution in [-0.2, 0) is 24.1 Å². The number of terminal acetylenes is 1. The van der Waals surface area contributed by atoms with Gasteiger partial charge in [-0.05, 0) is 37.1 Å². The van der Waals surface area contributed by atoms with Crippen molar-refractivity contribution in [2.24, 2.45) is 0 Å². The molecule has 0 aliphatic carbocycles. The predicted molar refractivity (Wildman–Crippen MR) is 85.5 cm³/mol. The predicted octanol–water partition coefficient (Wildman–Crippen LogP) is 2.14. The third kappa shape index (κ3) is 7.59. The van der Waals surface area contributed by atoms with Gasteiger partial charge < -0.3 is 0 Å². The molecule has 8 heteroatoms. The Hall–Kier alpha value is -1.43. The molecule has 5 nitrogen and oxygen atoms in total. The van der Waals surface area contributed by atoms with Crippen LogP contribution in [-0.4, -0.2) is 34.9 Å². The fraction of sp³-hybridized carbons (Fsp3) is 0.467. The third-order valence-corrected chi connectivity index (χ3v) is 6.13. The summed E-state index contributed by atoms with van der Waals surface area (Å²) in [7, 11) is -7.04. The minimum absolute atomic E-state index is 0.0566. The second-order valence-electron chi connectivity index (χ2n) is 4.92. The monoisotopic (exact) mass is 362 g/mol. The van der Waals surface area contributed by atoms with Gasteiger partial charge in [-0.3, -0.25) is 4.18 Å². The van der Waals surface area contributed by atoms with Crippen molar-refractivity contribution >= 4 is 20.0 Å². The molecule has 0 saturated carbocycles. The maximum absolute atomic E-state index is 12.8. The van der Waals surface area contributed by atoms with Gasteiger partial charge in [-0.2, -0.15) is 8.42 Å². The van der Waals surface area contributed by atoms with Gasteiger partial charge in [-0.1, -0.05) is 18.8 Å². The molecule has 1 aromatic rings. The fourth-order valence-corrected chi connectivity index (χ4v) is 4.16. The van der Waals surface area contributed by atoms with Gasteiger partial charge in [0, 0.05) is 0 Å². The van der Waals surface area contributed by atoms with Crippen LogP contribution in [0.25, 0.3) is 0 Å². The summed E-state index contributed by atoms with van der Waals surface area (Å²) in [5.41, 5.74) is 0. The summed E-state index contributed by atoms with van der Waals surface area (Å²) in [5, 5.41) is 0. The van der Waals surface area contributed by atoms with Crippen molar-refractivity contribution in [2.45, 2.75) is 30.6 Å². The Bertz CT molecular complexity index is 731. The molecular formula is C15H19FO5S2. The second kappa shape index (κ2) is 9.01. The van der Waals surface area contributed by atoms with Crippen LogP contribution in [0.1, 0.15) is 25.7 Å². The molecule has 0 spiro atoms. The fourth-order valence-electron chi connectivity index (χ4n) is 1.87. The number of rotatable bonds is 10. The topological polar surface area (TPSA) is 77.5 Å². The summed E-state index contributed by atoms with van der Waals surface area (Å²) < 4.78 is 64.0. The zero-order chi connectivity index (χ0) is 17.3. The Morgan fingerprint density at radius 3 is 2.09 bits per heavy atom. The van der Waals surface area contributed by atoms with Gasteiger partial charge in [0.05, 0.1) is 16.4 Å². The van der Waals surface area contributed by atoms with Crippen molar-refractivity contribution in [1.29, 1.82) is 0 Å². The second-order valence-corrected chi connectivity index (χ2v) is 8.78. The van der Waals surface area contributed by atoms with Crippen LogP contribution < -0.4 is 0 Å². The lowest BCUT2D eigenvalue weighted by atomic mass is 10.2. The molecule has 23 heavy (non-hydrogen) atoms. The number of halogens is 1. The first-order valence-electron chi connectivity index (χ1n) is 7.06. The normalized spacial score (nSPS) is 12.0. The van der Waals surface area contributed by atoms with E-state index in [1.807, 2.05) is 0 Å². The lowest BCUT2D eigenvalue weighted by Gasteiger charge is -2.05. The lowest BCUT2D eigenvalue weighted by molar-refractivity contribution is 0.362. The summed E-state index contributed by atoms with van der Waals surface area (Å²) in [6.07, 6.45) is 6.84. The highest BCUT2D eigenvalue weighted by Gasteiger charge is 2.14. The maximum Gasteiger partial charge on any atom is 0.268 e. The highest BCUT2D eigenvalue weighted by molar-refractivity contribution is 7.91. The van der Waals surface area contributed by atoms with Crippen LogP contribution in [0, 0.1) is 18.2 Å². The van der Waals surface area contributed by atoms with E-state index in [1.165, 1.54) is 12.1 Å². The minimum Gasteiger partial charge on any atom is -0.257 e. The first-order chi connectivity index (χ1) is 10.8. The number of hydrogen-bond donors (Lipinski definition) is 0. The number of benzene rings is 1. The van der Waals surface area contributed by atoms with E-state index in [4.69, 9.17) is 6.42 Å². The Morgan fingerprint density at radius 2 is 1.52 bits per heavy atom. The van der Waals surface area contributed by atoms with Crippen LogP contribution in [0.5, 0.6) is 0 Å². The SMILES string of the molecule is C#CCOS(=O)(=O)CCCCCCS(=O)(=O)c1ccc(F)cc1. The Balaban J connectivity index is 2.30. The summed E-state index contributed by atoms with van der Waals surface area (Å²) >= 11 is 0. The standard InChI is InChI=1S/C15H19FO5S2/c1-2-11-21-23(19,20)13-6-4-3-5-12-22(17,18)15-9-7-14(16)8-10-15/h1,7-10H,3-6,11-13H2. The first kappa shape index (κ1) is 19.6. The molecule has 0 fully saturated rings. The highest BCUT2D eigenvalue weighted by atomic mass is 32.2. The Kier molecular flexibility index (Phi) is 7.68. The number of sulfone groups is 1. The Labute approximate surface area is 136 Å². The van der Waals surface area contributed by atoms with E-state index in [0.717, 1.165) is 12.1 Å². The molecule has 1 aromatic carbocycles. The quantitative estimate of drug-likeness (QED) is 0.276. The van der Waals surface area contributed by atoms with Crippen molar-refractivity contribution in [1.82, 2.24) is 0 Å². The summed E-state index contributed by atoms with van der Waals surface area (Å²) in [5.74, 6) is 1.39. The molecule has 0 heterocycles. The van der Waals surface area contributed by atoms with E-state index in [2.05, 4.69) is 10.1 Å². The zero-order valence-electron chi connectivity index (χ0n) is 12.6. The van der Waals surface area contributed by atoms with Crippen LogP contribution >= 0.6 is 0 Å². The highest BCUT2D eigenvalue weighted by Crippen LogP contribution is 2.14. The molecule has 0 aromatic heterocycles. The lowest BCUT2D eigenvalue weighted by Crippen LogP contribution is -2.11. The molecule has 0 unspecified atom stereocenters. The molecule has 0 aliphatic heterocycles. The molecule has 0 aliphatic rings.